The van der Waals surface area contributed by atoms with Gasteiger partial charge in [0.1, 0.15) is 0 Å². The van der Waals surface area contributed by atoms with Crippen molar-refractivity contribution in [2.45, 2.75) is 26.0 Å². The summed E-state index contributed by atoms with van der Waals surface area (Å²) in [5, 5.41) is 14.0. The van der Waals surface area contributed by atoms with Crippen LogP contribution >= 0.6 is 15.9 Å². The van der Waals surface area contributed by atoms with Crippen LogP contribution in [0.1, 0.15) is 40.1 Å². The van der Waals surface area contributed by atoms with Gasteiger partial charge in [-0.2, -0.15) is 5.10 Å². The summed E-state index contributed by atoms with van der Waals surface area (Å²) in [7, 11) is 0. The lowest BCUT2D eigenvalue weighted by atomic mass is 9.93. The number of hydrogen-bond acceptors (Lipinski definition) is 3. The number of carbonyl (C=O) groups excluding carboxylic acids is 1. The molecule has 0 fully saturated rings. The Labute approximate surface area is 154 Å². The summed E-state index contributed by atoms with van der Waals surface area (Å²) in [6.45, 7) is 2.64. The van der Waals surface area contributed by atoms with Gasteiger partial charge in [0.15, 0.2) is 5.69 Å². The number of halogens is 1. The highest BCUT2D eigenvalue weighted by atomic mass is 79.9. The zero-order valence-electron chi connectivity index (χ0n) is 13.8. The molecule has 128 valence electrons. The summed E-state index contributed by atoms with van der Waals surface area (Å²) in [6, 6.07) is 11.9. The van der Waals surface area contributed by atoms with E-state index in [1.807, 2.05) is 23.1 Å². The lowest BCUT2D eigenvalue weighted by molar-refractivity contribution is 0.0671. The molecule has 0 aliphatic carbocycles. The van der Waals surface area contributed by atoms with E-state index in [9.17, 15) is 9.90 Å². The van der Waals surface area contributed by atoms with Crippen LogP contribution in [0.5, 0.6) is 0 Å². The van der Waals surface area contributed by atoms with E-state index in [0.29, 0.717) is 12.2 Å². The average Bonchev–Trinajstić information content (AvgIpc) is 3.05. The highest BCUT2D eigenvalue weighted by molar-refractivity contribution is 9.10. The molecule has 5 nitrogen and oxygen atoms in total. The van der Waals surface area contributed by atoms with Gasteiger partial charge in [-0.3, -0.25) is 4.79 Å². The number of aliphatic hydroxyl groups is 1. The van der Waals surface area contributed by atoms with Crippen LogP contribution < -0.4 is 0 Å². The SMILES string of the molecule is C[C@@H]1c2ccccc2CCN1C(=O)c1cc2c(CO)cc(Br)cn2n1. The fraction of sp³-hybridized carbons (Fsp3) is 0.263. The minimum Gasteiger partial charge on any atom is -0.392 e. The Morgan fingerprint density at radius 3 is 2.96 bits per heavy atom. The van der Waals surface area contributed by atoms with E-state index in [1.165, 1.54) is 11.1 Å². The van der Waals surface area contributed by atoms with E-state index in [0.717, 1.165) is 22.0 Å². The van der Waals surface area contributed by atoms with Gasteiger partial charge < -0.3 is 10.0 Å². The van der Waals surface area contributed by atoms with Crippen LogP contribution in [-0.4, -0.2) is 32.1 Å². The minimum atomic E-state index is -0.101. The molecule has 4 rings (SSSR count). The Bertz CT molecular complexity index is 966. The van der Waals surface area contributed by atoms with E-state index in [4.69, 9.17) is 0 Å². The molecule has 0 saturated heterocycles. The van der Waals surface area contributed by atoms with Crippen molar-refractivity contribution in [3.8, 4) is 0 Å². The van der Waals surface area contributed by atoms with Gasteiger partial charge in [-0.1, -0.05) is 24.3 Å². The summed E-state index contributed by atoms with van der Waals surface area (Å²) < 4.78 is 2.46. The number of pyridine rings is 1. The third-order valence-electron chi connectivity index (χ3n) is 4.87. The van der Waals surface area contributed by atoms with Crippen molar-refractivity contribution >= 4 is 27.4 Å². The van der Waals surface area contributed by atoms with E-state index >= 15 is 0 Å². The van der Waals surface area contributed by atoms with Crippen LogP contribution in [0.2, 0.25) is 0 Å². The molecule has 0 saturated carbocycles. The first kappa shape index (κ1) is 16.3. The number of aromatic nitrogens is 2. The minimum absolute atomic E-state index is 0.0197. The smallest absolute Gasteiger partial charge is 0.274 e. The van der Waals surface area contributed by atoms with Gasteiger partial charge in [0.2, 0.25) is 0 Å². The first-order valence-corrected chi connectivity index (χ1v) is 9.05. The van der Waals surface area contributed by atoms with Crippen molar-refractivity contribution in [2.75, 3.05) is 6.54 Å². The third kappa shape index (κ3) is 2.75. The Balaban J connectivity index is 1.71. The Hall–Kier alpha value is -2.18. The van der Waals surface area contributed by atoms with Gasteiger partial charge in [-0.05, 0) is 52.5 Å². The largest absolute Gasteiger partial charge is 0.392 e. The second-order valence-corrected chi connectivity index (χ2v) is 7.24. The number of carbonyl (C=O) groups is 1. The quantitative estimate of drug-likeness (QED) is 0.718. The summed E-state index contributed by atoms with van der Waals surface area (Å²) >= 11 is 3.41. The maximum atomic E-state index is 13.1. The van der Waals surface area contributed by atoms with Crippen molar-refractivity contribution in [3.63, 3.8) is 0 Å². The molecule has 0 bridgehead atoms. The number of nitrogens with zero attached hydrogens (tertiary/aromatic N) is 3. The van der Waals surface area contributed by atoms with E-state index < -0.39 is 0 Å². The first-order valence-electron chi connectivity index (χ1n) is 8.26. The topological polar surface area (TPSA) is 57.8 Å². The van der Waals surface area contributed by atoms with E-state index in [1.54, 1.807) is 16.8 Å². The predicted molar refractivity (Wildman–Crippen MR) is 98.4 cm³/mol. The number of amides is 1. The number of fused-ring (bicyclic) bond motifs is 2. The highest BCUT2D eigenvalue weighted by Crippen LogP contribution is 2.30. The van der Waals surface area contributed by atoms with Gasteiger partial charge in [0.25, 0.3) is 5.91 Å². The maximum Gasteiger partial charge on any atom is 0.274 e. The molecule has 3 heterocycles. The molecule has 6 heteroatoms. The molecule has 1 aliphatic rings. The van der Waals surface area contributed by atoms with Gasteiger partial charge in [0, 0.05) is 22.8 Å². The molecule has 2 aromatic heterocycles. The average molecular weight is 400 g/mol. The summed E-state index contributed by atoms with van der Waals surface area (Å²) in [4.78, 5) is 14.9. The predicted octanol–water partition coefficient (Wildman–Crippen LogP) is 3.35. The summed E-state index contributed by atoms with van der Waals surface area (Å²) in [5.74, 6) is -0.0780. The third-order valence-corrected chi connectivity index (χ3v) is 5.30. The van der Waals surface area contributed by atoms with Crippen molar-refractivity contribution < 1.29 is 9.90 Å². The number of aliphatic hydroxyl groups excluding tert-OH is 1. The van der Waals surface area contributed by atoms with Crippen LogP contribution in [0.3, 0.4) is 0 Å². The van der Waals surface area contributed by atoms with Crippen LogP contribution in [0, 0.1) is 0 Å². The van der Waals surface area contributed by atoms with Crippen LogP contribution in [0.15, 0.2) is 47.1 Å². The second-order valence-electron chi connectivity index (χ2n) is 6.32. The van der Waals surface area contributed by atoms with Crippen molar-refractivity contribution in [1.29, 1.82) is 0 Å². The van der Waals surface area contributed by atoms with Crippen molar-refractivity contribution in [1.82, 2.24) is 14.5 Å². The molecule has 0 spiro atoms. The van der Waals surface area contributed by atoms with Gasteiger partial charge in [0.05, 0.1) is 18.2 Å². The van der Waals surface area contributed by atoms with Crippen LogP contribution in [0.25, 0.3) is 5.52 Å². The molecule has 1 amide bonds. The molecule has 1 N–H and O–H groups in total. The molecule has 1 aliphatic heterocycles. The summed E-state index contributed by atoms with van der Waals surface area (Å²) in [5.41, 5.74) is 4.39. The first-order chi connectivity index (χ1) is 12.1. The van der Waals surface area contributed by atoms with Crippen molar-refractivity contribution in [3.05, 3.63) is 69.5 Å². The Morgan fingerprint density at radius 2 is 2.16 bits per heavy atom. The second kappa shape index (κ2) is 6.28. The Morgan fingerprint density at radius 1 is 1.36 bits per heavy atom. The van der Waals surface area contributed by atoms with E-state index in [-0.39, 0.29) is 18.6 Å². The fourth-order valence-corrected chi connectivity index (χ4v) is 4.03. The molecule has 1 atom stereocenters. The Kier molecular flexibility index (Phi) is 4.09. The molecular weight excluding hydrogens is 382 g/mol. The van der Waals surface area contributed by atoms with Gasteiger partial charge in [-0.25, -0.2) is 4.52 Å². The highest BCUT2D eigenvalue weighted by Gasteiger charge is 2.29. The number of hydrogen-bond donors (Lipinski definition) is 1. The molecule has 0 unspecified atom stereocenters. The fourth-order valence-electron chi connectivity index (χ4n) is 3.55. The lowest BCUT2D eigenvalue weighted by Crippen LogP contribution is -2.39. The standard InChI is InChI=1S/C19H18BrN3O2/c1-12-16-5-3-2-4-13(16)6-7-22(12)19(25)17-9-18-14(11-24)8-15(20)10-23(18)21-17/h2-5,8-10,12,24H,6-7,11H2,1H3/t12-/m1/s1. The van der Waals surface area contributed by atoms with Crippen LogP contribution in [-0.2, 0) is 13.0 Å². The van der Waals surface area contributed by atoms with Gasteiger partial charge >= 0.3 is 0 Å². The maximum absolute atomic E-state index is 13.1. The molecule has 25 heavy (non-hydrogen) atoms. The zero-order valence-corrected chi connectivity index (χ0v) is 15.4. The molecular formula is C19H18BrN3O2. The van der Waals surface area contributed by atoms with E-state index in [2.05, 4.69) is 40.1 Å². The number of benzene rings is 1. The molecule has 0 radical (unpaired) electrons. The normalized spacial score (nSPS) is 16.9. The van der Waals surface area contributed by atoms with Crippen molar-refractivity contribution in [2.24, 2.45) is 0 Å². The summed E-state index contributed by atoms with van der Waals surface area (Å²) in [6.07, 6.45) is 2.65. The lowest BCUT2D eigenvalue weighted by Gasteiger charge is -2.34. The number of rotatable bonds is 2. The zero-order chi connectivity index (χ0) is 17.6. The van der Waals surface area contributed by atoms with Crippen LogP contribution in [0.4, 0.5) is 0 Å². The monoisotopic (exact) mass is 399 g/mol. The van der Waals surface area contributed by atoms with Gasteiger partial charge in [-0.15, -0.1) is 0 Å². The molecule has 3 aromatic rings. The molecule has 1 aromatic carbocycles.